The van der Waals surface area contributed by atoms with E-state index in [1.807, 2.05) is 26.0 Å². The molecule has 4 rings (SSSR count). The Balaban J connectivity index is 1.55. The van der Waals surface area contributed by atoms with Gasteiger partial charge in [-0.05, 0) is 49.6 Å². The number of nitrogens with zero attached hydrogens (tertiary/aromatic N) is 2. The summed E-state index contributed by atoms with van der Waals surface area (Å²) in [6.45, 7) is 9.84. The second-order valence-electron chi connectivity index (χ2n) is 7.23. The van der Waals surface area contributed by atoms with Gasteiger partial charge in [0.15, 0.2) is 0 Å². The molecule has 0 bridgehead atoms. The van der Waals surface area contributed by atoms with Crippen molar-refractivity contribution >= 4 is 33.1 Å². The summed E-state index contributed by atoms with van der Waals surface area (Å²) in [7, 11) is 0. The highest BCUT2D eigenvalue weighted by Gasteiger charge is 2.19. The van der Waals surface area contributed by atoms with Gasteiger partial charge in [0.05, 0.1) is 18.1 Å². The molecule has 1 amide bonds. The van der Waals surface area contributed by atoms with Gasteiger partial charge in [-0.25, -0.2) is 4.98 Å². The first-order chi connectivity index (χ1) is 13.5. The number of pyridine rings is 1. The largest absolute Gasteiger partial charge is 0.378 e. The fourth-order valence-electron chi connectivity index (χ4n) is 3.86. The van der Waals surface area contributed by atoms with Gasteiger partial charge in [0, 0.05) is 36.4 Å². The highest BCUT2D eigenvalue weighted by atomic mass is 32.1. The van der Waals surface area contributed by atoms with Gasteiger partial charge in [-0.2, -0.15) is 0 Å². The van der Waals surface area contributed by atoms with Gasteiger partial charge in [0.25, 0.3) is 5.91 Å². The van der Waals surface area contributed by atoms with Gasteiger partial charge in [-0.1, -0.05) is 18.2 Å². The van der Waals surface area contributed by atoms with Gasteiger partial charge in [0.2, 0.25) is 0 Å². The molecule has 146 valence electrons. The fourth-order valence-corrected chi connectivity index (χ4v) is 5.08. The average molecular weight is 396 g/mol. The van der Waals surface area contributed by atoms with E-state index in [0.29, 0.717) is 6.54 Å². The Morgan fingerprint density at radius 1 is 1.21 bits per heavy atom. The van der Waals surface area contributed by atoms with E-state index in [9.17, 15) is 4.79 Å². The first-order valence-electron chi connectivity index (χ1n) is 9.60. The third-order valence-corrected chi connectivity index (χ3v) is 6.40. The number of benzene rings is 1. The van der Waals surface area contributed by atoms with Gasteiger partial charge < -0.3 is 15.0 Å². The lowest BCUT2D eigenvalue weighted by molar-refractivity contribution is 0.0954. The molecule has 3 aromatic rings. The zero-order valence-corrected chi connectivity index (χ0v) is 17.4. The quantitative estimate of drug-likeness (QED) is 0.726. The number of ether oxygens (including phenoxy) is 1. The van der Waals surface area contributed by atoms with Crippen LogP contribution in [0.1, 0.15) is 32.1 Å². The molecule has 0 unspecified atom stereocenters. The Hall–Kier alpha value is -2.44. The van der Waals surface area contributed by atoms with E-state index in [-0.39, 0.29) is 5.91 Å². The number of morpholine rings is 1. The van der Waals surface area contributed by atoms with Crippen LogP contribution in [0.4, 0.5) is 5.69 Å². The van der Waals surface area contributed by atoms with Crippen molar-refractivity contribution in [1.82, 2.24) is 10.3 Å². The van der Waals surface area contributed by atoms with E-state index in [2.05, 4.69) is 40.3 Å². The Morgan fingerprint density at radius 2 is 1.96 bits per heavy atom. The number of nitrogens with one attached hydrogen (secondary N) is 1. The van der Waals surface area contributed by atoms with Crippen molar-refractivity contribution in [3.63, 3.8) is 0 Å². The SMILES string of the molecule is Cc1cc(C)c2c(C)c(C(=O)NCc3ccccc3N3CCOCC3)sc2n1. The molecule has 0 radical (unpaired) electrons. The van der Waals surface area contributed by atoms with E-state index >= 15 is 0 Å². The van der Waals surface area contributed by atoms with Crippen molar-refractivity contribution in [2.45, 2.75) is 27.3 Å². The van der Waals surface area contributed by atoms with Crippen LogP contribution in [0.3, 0.4) is 0 Å². The van der Waals surface area contributed by atoms with Crippen LogP contribution in [0.15, 0.2) is 30.3 Å². The number of aryl methyl sites for hydroxylation is 3. The Labute approximate surface area is 169 Å². The summed E-state index contributed by atoms with van der Waals surface area (Å²) < 4.78 is 5.46. The fraction of sp³-hybridized carbons (Fsp3) is 0.364. The maximum atomic E-state index is 12.9. The molecule has 1 fully saturated rings. The first kappa shape index (κ1) is 18.9. The van der Waals surface area contributed by atoms with Crippen LogP contribution in [-0.2, 0) is 11.3 Å². The minimum atomic E-state index is -0.0330. The molecule has 2 aromatic heterocycles. The second-order valence-corrected chi connectivity index (χ2v) is 8.23. The average Bonchev–Trinajstić information content (AvgIpc) is 3.03. The van der Waals surface area contributed by atoms with E-state index in [1.54, 1.807) is 0 Å². The molecule has 1 saturated heterocycles. The number of thiophene rings is 1. The smallest absolute Gasteiger partial charge is 0.261 e. The third kappa shape index (κ3) is 3.62. The van der Waals surface area contributed by atoms with Crippen molar-refractivity contribution in [3.05, 3.63) is 57.6 Å². The van der Waals surface area contributed by atoms with Crippen LogP contribution in [0.25, 0.3) is 10.2 Å². The van der Waals surface area contributed by atoms with Crippen molar-refractivity contribution in [3.8, 4) is 0 Å². The second kappa shape index (κ2) is 7.89. The molecule has 1 aromatic carbocycles. The van der Waals surface area contributed by atoms with Crippen molar-refractivity contribution in [2.75, 3.05) is 31.2 Å². The van der Waals surface area contributed by atoms with Crippen LogP contribution in [-0.4, -0.2) is 37.2 Å². The molecule has 5 nitrogen and oxygen atoms in total. The first-order valence-corrected chi connectivity index (χ1v) is 10.4. The summed E-state index contributed by atoms with van der Waals surface area (Å²) in [6.07, 6.45) is 0. The molecule has 6 heteroatoms. The number of hydrogen-bond acceptors (Lipinski definition) is 5. The van der Waals surface area contributed by atoms with Crippen LogP contribution < -0.4 is 10.2 Å². The summed E-state index contributed by atoms with van der Waals surface area (Å²) in [5, 5.41) is 4.22. The van der Waals surface area contributed by atoms with E-state index in [4.69, 9.17) is 4.74 Å². The number of carbonyl (C=O) groups excluding carboxylic acids is 1. The molecular weight excluding hydrogens is 370 g/mol. The minimum absolute atomic E-state index is 0.0330. The lowest BCUT2D eigenvalue weighted by Gasteiger charge is -2.30. The number of aromatic nitrogens is 1. The molecule has 1 aliphatic rings. The van der Waals surface area contributed by atoms with Crippen LogP contribution >= 0.6 is 11.3 Å². The maximum absolute atomic E-state index is 12.9. The van der Waals surface area contributed by atoms with Crippen molar-refractivity contribution in [1.29, 1.82) is 0 Å². The Kier molecular flexibility index (Phi) is 5.33. The lowest BCUT2D eigenvalue weighted by atomic mass is 10.1. The summed E-state index contributed by atoms with van der Waals surface area (Å²) in [6, 6.07) is 10.3. The molecule has 28 heavy (non-hydrogen) atoms. The number of anilines is 1. The summed E-state index contributed by atoms with van der Waals surface area (Å²) in [4.78, 5) is 21.6. The van der Waals surface area contributed by atoms with Crippen LogP contribution in [0.5, 0.6) is 0 Å². The Morgan fingerprint density at radius 3 is 2.75 bits per heavy atom. The molecule has 0 atom stereocenters. The van der Waals surface area contributed by atoms with Crippen LogP contribution in [0.2, 0.25) is 0 Å². The topological polar surface area (TPSA) is 54.5 Å². The minimum Gasteiger partial charge on any atom is -0.378 e. The normalized spacial score (nSPS) is 14.5. The highest BCUT2D eigenvalue weighted by Crippen LogP contribution is 2.32. The third-order valence-electron chi connectivity index (χ3n) is 5.21. The molecule has 0 saturated carbocycles. The Bertz CT molecular complexity index is 1020. The molecule has 3 heterocycles. The summed E-state index contributed by atoms with van der Waals surface area (Å²) >= 11 is 1.48. The van der Waals surface area contributed by atoms with Gasteiger partial charge in [0.1, 0.15) is 4.83 Å². The highest BCUT2D eigenvalue weighted by molar-refractivity contribution is 7.20. The van der Waals surface area contributed by atoms with Crippen LogP contribution in [0, 0.1) is 20.8 Å². The standard InChI is InChI=1S/C22H25N3O2S/c1-14-12-15(2)24-22-19(14)16(3)20(28-22)21(26)23-13-17-6-4-5-7-18(17)25-8-10-27-11-9-25/h4-7,12H,8-11,13H2,1-3H3,(H,23,26). The van der Waals surface area contributed by atoms with Crippen molar-refractivity contribution in [2.24, 2.45) is 0 Å². The lowest BCUT2D eigenvalue weighted by Crippen LogP contribution is -2.37. The predicted molar refractivity (Wildman–Crippen MR) is 114 cm³/mol. The number of rotatable bonds is 4. The van der Waals surface area contributed by atoms with Gasteiger partial charge in [-0.3, -0.25) is 4.79 Å². The van der Waals surface area contributed by atoms with Gasteiger partial charge >= 0.3 is 0 Å². The van der Waals surface area contributed by atoms with E-state index in [0.717, 1.165) is 58.2 Å². The summed E-state index contributed by atoms with van der Waals surface area (Å²) in [5.74, 6) is -0.0330. The maximum Gasteiger partial charge on any atom is 0.261 e. The number of fused-ring (bicyclic) bond motifs is 1. The van der Waals surface area contributed by atoms with Crippen molar-refractivity contribution < 1.29 is 9.53 Å². The number of para-hydroxylation sites is 1. The molecule has 0 aliphatic carbocycles. The molecule has 1 N–H and O–H groups in total. The zero-order valence-electron chi connectivity index (χ0n) is 16.5. The summed E-state index contributed by atoms with van der Waals surface area (Å²) in [5.41, 5.74) is 5.48. The molecule has 0 spiro atoms. The monoisotopic (exact) mass is 395 g/mol. The number of carbonyl (C=O) groups is 1. The number of amides is 1. The predicted octanol–water partition coefficient (Wildman–Crippen LogP) is 3.99. The van der Waals surface area contributed by atoms with Gasteiger partial charge in [-0.15, -0.1) is 11.3 Å². The van der Waals surface area contributed by atoms with E-state index < -0.39 is 0 Å². The molecular formula is C22H25N3O2S. The van der Waals surface area contributed by atoms with E-state index in [1.165, 1.54) is 22.6 Å². The number of hydrogen-bond donors (Lipinski definition) is 1. The zero-order chi connectivity index (χ0) is 19.7. The molecule has 1 aliphatic heterocycles.